The molecule has 3 aromatic rings. The fourth-order valence-corrected chi connectivity index (χ4v) is 6.09. The van der Waals surface area contributed by atoms with Gasteiger partial charge >= 0.3 is 7.82 Å². The van der Waals surface area contributed by atoms with Crippen LogP contribution in [0.5, 0.6) is 0 Å². The van der Waals surface area contributed by atoms with Gasteiger partial charge in [-0.2, -0.15) is 0 Å². The Morgan fingerprint density at radius 1 is 0.927 bits per heavy atom. The summed E-state index contributed by atoms with van der Waals surface area (Å²) in [7, 11) is -5.08. The Morgan fingerprint density at radius 3 is 2.22 bits per heavy atom. The van der Waals surface area contributed by atoms with Crippen LogP contribution in [0.4, 0.5) is 0 Å². The van der Waals surface area contributed by atoms with Crippen LogP contribution >= 0.6 is 7.82 Å². The van der Waals surface area contributed by atoms with E-state index in [0.29, 0.717) is 17.9 Å². The van der Waals surface area contributed by atoms with Crippen LogP contribution in [0.25, 0.3) is 0 Å². The molecule has 21 heteroatoms. The predicted octanol–water partition coefficient (Wildman–Crippen LogP) is -0.840. The number of H-pyrrole nitrogens is 1. The third-order valence-corrected chi connectivity index (χ3v) is 8.91. The van der Waals surface area contributed by atoms with Crippen LogP contribution in [-0.4, -0.2) is 106 Å². The first kappa shape index (κ1) is 44.4. The number of phosphoric acid groups is 1. The summed E-state index contributed by atoms with van der Waals surface area (Å²) in [4.78, 5) is 90.1. The highest BCUT2D eigenvalue weighted by Crippen LogP contribution is 2.38. The molecular weight excluding hydrogens is 739 g/mol. The number of aromatic amines is 1. The van der Waals surface area contributed by atoms with Crippen molar-refractivity contribution in [1.29, 1.82) is 0 Å². The third-order valence-electron chi connectivity index (χ3n) is 8.30. The zero-order chi connectivity index (χ0) is 40.5. The lowest BCUT2D eigenvalue weighted by molar-refractivity contribution is -0.135. The summed E-state index contributed by atoms with van der Waals surface area (Å²) in [5.41, 5.74) is 7.60. The molecule has 55 heavy (non-hydrogen) atoms. The van der Waals surface area contributed by atoms with Crippen molar-refractivity contribution in [3.05, 3.63) is 66.0 Å². The van der Waals surface area contributed by atoms with Gasteiger partial charge in [0.05, 0.1) is 24.7 Å². The lowest BCUT2D eigenvalue weighted by Crippen LogP contribution is -2.60. The lowest BCUT2D eigenvalue weighted by Gasteiger charge is -2.27. The first-order chi connectivity index (χ1) is 26.0. The van der Waals surface area contributed by atoms with Crippen LogP contribution in [-0.2, 0) is 58.9 Å². The number of carbonyl (C=O) groups excluding carboxylic acids is 5. The van der Waals surface area contributed by atoms with Crippen LogP contribution in [0.2, 0.25) is 0 Å². The second-order valence-electron chi connectivity index (χ2n) is 13.4. The van der Waals surface area contributed by atoms with Gasteiger partial charge in [0.15, 0.2) is 0 Å². The van der Waals surface area contributed by atoms with Crippen molar-refractivity contribution in [2.75, 3.05) is 6.61 Å². The summed E-state index contributed by atoms with van der Waals surface area (Å²) in [6, 6.07) is 4.34. The number of aromatic nitrogens is 5. The average Bonchev–Trinajstić information content (AvgIpc) is 3.81. The number of aliphatic hydroxyl groups excluding tert-OH is 1. The molecule has 2 aromatic heterocycles. The SMILES string of the molecule is CC(C)C[C@H](NC(=O)CCc1cn(CCCCc2ccccc2)nn1)C(=O)N[C@@H](Cc1cnc[nH]1)C(=O)N[C@@H](CO)C(=O)N[C@H](C(N)=O)[C@@H](C)OP(=O)(O)O. The number of nitrogens with zero attached hydrogens (tertiary/aromatic N) is 4. The monoisotopic (exact) mass is 790 g/mol. The van der Waals surface area contributed by atoms with Crippen molar-refractivity contribution in [2.45, 2.75) is 103 Å². The number of benzene rings is 1. The molecule has 0 spiro atoms. The maximum Gasteiger partial charge on any atom is 0.469 e. The number of unbranched alkanes of at least 4 members (excludes halogenated alkanes) is 1. The maximum absolute atomic E-state index is 13.6. The van der Waals surface area contributed by atoms with Gasteiger partial charge in [0.25, 0.3) is 0 Å². The third kappa shape index (κ3) is 16.1. The highest BCUT2D eigenvalue weighted by molar-refractivity contribution is 7.46. The molecule has 302 valence electrons. The number of hydrogen-bond acceptors (Lipinski definition) is 11. The molecule has 0 fully saturated rings. The standard InChI is InChI=1S/C34H51N10O10P/c1-21(2)15-26(38-29(46)13-12-24-18-44(43-42-24)14-8-7-11-23-9-5-4-6-10-23)32(48)39-27(16-25-17-36-20-37-25)33(49)40-28(19-45)34(50)41-30(31(35)47)22(3)54-55(51,52)53/h4-6,9-10,17-18,20-22,26-28,30,45H,7-8,11-16,19H2,1-3H3,(H2,35,47)(H,36,37)(H,38,46)(H,39,48)(H,40,49)(H,41,50)(H2,51,52,53)/t22-,26+,27+,28+,30+/m1/s1. The van der Waals surface area contributed by atoms with Crippen molar-refractivity contribution in [3.63, 3.8) is 0 Å². The molecule has 1 aromatic carbocycles. The molecule has 0 saturated heterocycles. The maximum atomic E-state index is 13.6. The largest absolute Gasteiger partial charge is 0.469 e. The van der Waals surface area contributed by atoms with Gasteiger partial charge in [-0.05, 0) is 44.1 Å². The molecule has 0 bridgehead atoms. The predicted molar refractivity (Wildman–Crippen MR) is 196 cm³/mol. The van der Waals surface area contributed by atoms with E-state index in [2.05, 4.69) is 58.2 Å². The van der Waals surface area contributed by atoms with Crippen molar-refractivity contribution in [3.8, 4) is 0 Å². The van der Waals surface area contributed by atoms with Crippen LogP contribution in [0.3, 0.4) is 0 Å². The fourth-order valence-electron chi connectivity index (χ4n) is 5.54. The van der Waals surface area contributed by atoms with E-state index < -0.39 is 74.2 Å². The molecule has 5 atom stereocenters. The smallest absolute Gasteiger partial charge is 0.394 e. The summed E-state index contributed by atoms with van der Waals surface area (Å²) in [6.07, 6.45) is 6.20. The Bertz CT molecular complexity index is 1730. The summed E-state index contributed by atoms with van der Waals surface area (Å²) >= 11 is 0. The number of imidazole rings is 1. The van der Waals surface area contributed by atoms with E-state index in [9.17, 15) is 33.6 Å². The van der Waals surface area contributed by atoms with Gasteiger partial charge in [-0.3, -0.25) is 33.2 Å². The zero-order valence-corrected chi connectivity index (χ0v) is 31.9. The van der Waals surface area contributed by atoms with Crippen molar-refractivity contribution < 1.29 is 48.0 Å². The average molecular weight is 791 g/mol. The molecule has 0 saturated carbocycles. The van der Waals surface area contributed by atoms with E-state index in [0.717, 1.165) is 26.2 Å². The zero-order valence-electron chi connectivity index (χ0n) is 31.0. The van der Waals surface area contributed by atoms with E-state index >= 15 is 0 Å². The van der Waals surface area contributed by atoms with Gasteiger partial charge < -0.3 is 46.9 Å². The van der Waals surface area contributed by atoms with Gasteiger partial charge in [0, 0.05) is 43.9 Å². The number of rotatable bonds is 24. The number of primary amides is 1. The van der Waals surface area contributed by atoms with Crippen LogP contribution < -0.4 is 27.0 Å². The minimum Gasteiger partial charge on any atom is -0.394 e. The van der Waals surface area contributed by atoms with Gasteiger partial charge in [0.2, 0.25) is 29.5 Å². The topological polar surface area (TPSA) is 306 Å². The molecule has 2 heterocycles. The van der Waals surface area contributed by atoms with Crippen LogP contribution in [0.1, 0.15) is 63.4 Å². The Kier molecular flexibility index (Phi) is 17.6. The normalized spacial score (nSPS) is 14.3. The molecule has 0 unspecified atom stereocenters. The quantitative estimate of drug-likeness (QED) is 0.0396. The molecule has 0 aliphatic carbocycles. The minimum absolute atomic E-state index is 0.0179. The number of hydrogen-bond donors (Lipinski definition) is 9. The molecule has 0 aliphatic rings. The van der Waals surface area contributed by atoms with E-state index in [1.807, 2.05) is 32.0 Å². The molecule has 0 radical (unpaired) electrons. The van der Waals surface area contributed by atoms with E-state index in [-0.39, 0.29) is 31.6 Å². The van der Waals surface area contributed by atoms with Gasteiger partial charge in [-0.25, -0.2) is 9.55 Å². The van der Waals surface area contributed by atoms with Gasteiger partial charge in [0.1, 0.15) is 24.2 Å². The van der Waals surface area contributed by atoms with Crippen LogP contribution in [0, 0.1) is 5.92 Å². The summed E-state index contributed by atoms with van der Waals surface area (Å²) < 4.78 is 17.4. The van der Waals surface area contributed by atoms with E-state index in [1.165, 1.54) is 18.1 Å². The summed E-state index contributed by atoms with van der Waals surface area (Å²) in [5.74, 6) is -4.44. The molecule has 5 amide bonds. The summed E-state index contributed by atoms with van der Waals surface area (Å²) in [5, 5.41) is 28.0. The number of aryl methyl sites for hydroxylation is 3. The number of aliphatic hydroxyl groups is 1. The Balaban J connectivity index is 1.61. The Hall–Kier alpha value is -5.01. The van der Waals surface area contributed by atoms with Crippen molar-refractivity contribution >= 4 is 37.4 Å². The molecule has 20 nitrogen and oxygen atoms in total. The second-order valence-corrected chi connectivity index (χ2v) is 14.6. The first-order valence-electron chi connectivity index (χ1n) is 17.8. The van der Waals surface area contributed by atoms with Gasteiger partial charge in [-0.1, -0.05) is 49.4 Å². The van der Waals surface area contributed by atoms with Gasteiger partial charge in [-0.15, -0.1) is 5.10 Å². The molecule has 3 rings (SSSR count). The van der Waals surface area contributed by atoms with Crippen molar-refractivity contribution in [2.24, 2.45) is 11.7 Å². The highest BCUT2D eigenvalue weighted by Gasteiger charge is 2.35. The molecule has 0 aliphatic heterocycles. The minimum atomic E-state index is -5.08. The molecule has 10 N–H and O–H groups in total. The number of carbonyl (C=O) groups is 5. The highest BCUT2D eigenvalue weighted by atomic mass is 31.2. The summed E-state index contributed by atoms with van der Waals surface area (Å²) in [6.45, 7) is 4.49. The van der Waals surface area contributed by atoms with E-state index in [1.54, 1.807) is 10.9 Å². The van der Waals surface area contributed by atoms with E-state index in [4.69, 9.17) is 15.5 Å². The van der Waals surface area contributed by atoms with Crippen molar-refractivity contribution in [1.82, 2.24) is 46.2 Å². The first-order valence-corrected chi connectivity index (χ1v) is 19.3. The number of amides is 5. The molecular formula is C34H51N10O10P. The Morgan fingerprint density at radius 2 is 1.60 bits per heavy atom. The number of phosphoric ester groups is 1. The number of nitrogens with one attached hydrogen (secondary N) is 5. The Labute approximate surface area is 318 Å². The second kappa shape index (κ2) is 21.8. The van der Waals surface area contributed by atoms with Crippen LogP contribution in [0.15, 0.2) is 49.1 Å². The lowest BCUT2D eigenvalue weighted by atomic mass is 10.0. The number of nitrogens with two attached hydrogens (primary N) is 1. The fraction of sp³-hybridized carbons (Fsp3) is 0.529.